The highest BCUT2D eigenvalue weighted by Crippen LogP contribution is 2.15. The number of halogens is 2. The van der Waals surface area contributed by atoms with Crippen molar-refractivity contribution in [3.8, 4) is 5.75 Å². The van der Waals surface area contributed by atoms with Crippen LogP contribution in [-0.2, 0) is 4.79 Å². The van der Waals surface area contributed by atoms with Crippen molar-refractivity contribution in [2.45, 2.75) is 25.6 Å². The molecule has 4 nitrogen and oxygen atoms in total. The number of nitrogens with one attached hydrogen (secondary N) is 2. The second kappa shape index (κ2) is 8.07. The van der Waals surface area contributed by atoms with Gasteiger partial charge in [0.25, 0.3) is 0 Å². The summed E-state index contributed by atoms with van der Waals surface area (Å²) < 4.78 is 18.5. The molecule has 2 atom stereocenters. The van der Waals surface area contributed by atoms with E-state index in [0.717, 1.165) is 11.3 Å². The van der Waals surface area contributed by atoms with Gasteiger partial charge in [-0.3, -0.25) is 4.79 Å². The Bertz CT molecular complexity index is 445. The molecule has 1 aromatic rings. The Labute approximate surface area is 124 Å². The average molecular weight is 303 g/mol. The lowest BCUT2D eigenvalue weighted by molar-refractivity contribution is -0.122. The van der Waals surface area contributed by atoms with Crippen molar-refractivity contribution >= 4 is 18.3 Å². The van der Waals surface area contributed by atoms with E-state index in [1.807, 2.05) is 31.2 Å². The number of para-hydroxylation sites is 1. The lowest BCUT2D eigenvalue weighted by atomic mass is 10.2. The van der Waals surface area contributed by atoms with Crippen molar-refractivity contribution < 1.29 is 13.9 Å². The summed E-state index contributed by atoms with van der Waals surface area (Å²) in [6, 6.07) is 7.31. The number of alkyl halides is 1. The maximum absolute atomic E-state index is 12.9. The van der Waals surface area contributed by atoms with Crippen LogP contribution < -0.4 is 15.4 Å². The molecular weight excluding hydrogens is 283 g/mol. The van der Waals surface area contributed by atoms with Crippen LogP contribution in [0.5, 0.6) is 5.75 Å². The van der Waals surface area contributed by atoms with Crippen LogP contribution in [0.2, 0.25) is 0 Å². The maximum Gasteiger partial charge on any atom is 0.237 e. The molecule has 112 valence electrons. The molecule has 1 aliphatic rings. The van der Waals surface area contributed by atoms with Crippen molar-refractivity contribution in [1.82, 2.24) is 10.6 Å². The monoisotopic (exact) mass is 302 g/mol. The summed E-state index contributed by atoms with van der Waals surface area (Å²) in [6.07, 6.45) is -0.663. The first-order chi connectivity index (χ1) is 9.16. The second-order valence-corrected chi connectivity index (χ2v) is 4.70. The summed E-state index contributed by atoms with van der Waals surface area (Å²) in [5.41, 5.74) is 1.06. The van der Waals surface area contributed by atoms with Crippen LogP contribution in [0.25, 0.3) is 0 Å². The van der Waals surface area contributed by atoms with Crippen molar-refractivity contribution in [3.63, 3.8) is 0 Å². The summed E-state index contributed by atoms with van der Waals surface area (Å²) in [7, 11) is 0. The summed E-state index contributed by atoms with van der Waals surface area (Å²) in [4.78, 5) is 11.7. The fraction of sp³-hybridized carbons (Fsp3) is 0.500. The lowest BCUT2D eigenvalue weighted by Gasteiger charge is -2.12. The SMILES string of the molecule is Cc1ccccc1OCCNC(=O)[C@H]1C[C@H](F)CN1.Cl. The normalized spacial score (nSPS) is 21.1. The van der Waals surface area contributed by atoms with Gasteiger partial charge >= 0.3 is 0 Å². The molecule has 0 spiro atoms. The van der Waals surface area contributed by atoms with E-state index < -0.39 is 12.2 Å². The Balaban J connectivity index is 0.00000200. The molecular formula is C14H20ClFN2O2. The molecule has 20 heavy (non-hydrogen) atoms. The highest BCUT2D eigenvalue weighted by Gasteiger charge is 2.28. The van der Waals surface area contributed by atoms with E-state index in [-0.39, 0.29) is 31.3 Å². The van der Waals surface area contributed by atoms with Gasteiger partial charge in [-0.05, 0) is 18.6 Å². The van der Waals surface area contributed by atoms with Crippen molar-refractivity contribution in [3.05, 3.63) is 29.8 Å². The van der Waals surface area contributed by atoms with Gasteiger partial charge < -0.3 is 15.4 Å². The van der Waals surface area contributed by atoms with Crippen molar-refractivity contribution in [1.29, 1.82) is 0 Å². The summed E-state index contributed by atoms with van der Waals surface area (Å²) in [5.74, 6) is 0.660. The molecule has 0 unspecified atom stereocenters. The van der Waals surface area contributed by atoms with Gasteiger partial charge in [-0.25, -0.2) is 4.39 Å². The molecule has 1 amide bonds. The number of benzene rings is 1. The largest absolute Gasteiger partial charge is 0.491 e. The molecule has 2 rings (SSSR count). The van der Waals surface area contributed by atoms with Gasteiger partial charge in [0.05, 0.1) is 12.6 Å². The molecule has 0 aromatic heterocycles. The quantitative estimate of drug-likeness (QED) is 0.813. The minimum Gasteiger partial charge on any atom is -0.491 e. The fourth-order valence-corrected chi connectivity index (χ4v) is 2.07. The zero-order valence-electron chi connectivity index (χ0n) is 11.4. The van der Waals surface area contributed by atoms with Gasteiger partial charge in [-0.2, -0.15) is 0 Å². The summed E-state index contributed by atoms with van der Waals surface area (Å²) in [5, 5.41) is 5.59. The molecule has 1 fully saturated rings. The van der Waals surface area contributed by atoms with Crippen LogP contribution in [0.4, 0.5) is 4.39 Å². The first kappa shape index (κ1) is 16.7. The first-order valence-electron chi connectivity index (χ1n) is 6.50. The van der Waals surface area contributed by atoms with Crippen molar-refractivity contribution in [2.75, 3.05) is 19.7 Å². The molecule has 1 aromatic carbocycles. The number of carbonyl (C=O) groups excluding carboxylic acids is 1. The Hall–Kier alpha value is -1.33. The number of ether oxygens (including phenoxy) is 1. The number of hydrogen-bond donors (Lipinski definition) is 2. The van der Waals surface area contributed by atoms with Crippen LogP contribution >= 0.6 is 12.4 Å². The van der Waals surface area contributed by atoms with E-state index in [9.17, 15) is 9.18 Å². The lowest BCUT2D eigenvalue weighted by Crippen LogP contribution is -2.41. The molecule has 0 radical (unpaired) electrons. The van der Waals surface area contributed by atoms with Crippen LogP contribution in [0.15, 0.2) is 24.3 Å². The van der Waals surface area contributed by atoms with Gasteiger partial charge in [-0.1, -0.05) is 18.2 Å². The maximum atomic E-state index is 12.9. The van der Waals surface area contributed by atoms with Crippen LogP contribution in [0.1, 0.15) is 12.0 Å². The van der Waals surface area contributed by atoms with E-state index in [0.29, 0.717) is 13.2 Å². The standard InChI is InChI=1S/C14H19FN2O2.ClH/c1-10-4-2-3-5-13(10)19-7-6-16-14(18)12-8-11(15)9-17-12;/h2-5,11-12,17H,6-9H2,1H3,(H,16,18);1H/t11-,12+;/m0./s1. The number of aryl methyl sites for hydroxylation is 1. The zero-order valence-corrected chi connectivity index (χ0v) is 12.2. The Morgan fingerprint density at radius 3 is 2.90 bits per heavy atom. The van der Waals surface area contributed by atoms with Crippen LogP contribution in [0.3, 0.4) is 0 Å². The molecule has 6 heteroatoms. The van der Waals surface area contributed by atoms with Crippen LogP contribution in [-0.4, -0.2) is 37.8 Å². The molecule has 0 saturated carbocycles. The van der Waals surface area contributed by atoms with Gasteiger partial charge in [0.1, 0.15) is 18.5 Å². The zero-order chi connectivity index (χ0) is 13.7. The third-order valence-electron chi connectivity index (χ3n) is 3.15. The van der Waals surface area contributed by atoms with E-state index >= 15 is 0 Å². The van der Waals surface area contributed by atoms with Crippen molar-refractivity contribution in [2.24, 2.45) is 0 Å². The third-order valence-corrected chi connectivity index (χ3v) is 3.15. The molecule has 2 N–H and O–H groups in total. The predicted octanol–water partition coefficient (Wildman–Crippen LogP) is 1.61. The van der Waals surface area contributed by atoms with E-state index in [1.165, 1.54) is 0 Å². The Kier molecular flexibility index (Phi) is 6.75. The second-order valence-electron chi connectivity index (χ2n) is 4.70. The Morgan fingerprint density at radius 1 is 1.50 bits per heavy atom. The highest BCUT2D eigenvalue weighted by atomic mass is 35.5. The molecule has 0 aliphatic carbocycles. The van der Waals surface area contributed by atoms with Gasteiger partial charge in [0.2, 0.25) is 5.91 Å². The van der Waals surface area contributed by atoms with Crippen LogP contribution in [0, 0.1) is 6.92 Å². The summed E-state index contributed by atoms with van der Waals surface area (Å²) >= 11 is 0. The van der Waals surface area contributed by atoms with Gasteiger partial charge in [0, 0.05) is 13.0 Å². The highest BCUT2D eigenvalue weighted by molar-refractivity contribution is 5.85. The number of carbonyl (C=O) groups is 1. The number of amides is 1. The first-order valence-corrected chi connectivity index (χ1v) is 6.50. The van der Waals surface area contributed by atoms with Gasteiger partial charge in [0.15, 0.2) is 0 Å². The topological polar surface area (TPSA) is 50.4 Å². The number of rotatable bonds is 5. The van der Waals surface area contributed by atoms with E-state index in [2.05, 4.69) is 10.6 Å². The molecule has 1 aliphatic heterocycles. The number of hydrogen-bond acceptors (Lipinski definition) is 3. The van der Waals surface area contributed by atoms with Gasteiger partial charge in [-0.15, -0.1) is 12.4 Å². The molecule has 0 bridgehead atoms. The fourth-order valence-electron chi connectivity index (χ4n) is 2.07. The Morgan fingerprint density at radius 2 is 2.25 bits per heavy atom. The molecule has 1 heterocycles. The average Bonchev–Trinajstić information content (AvgIpc) is 2.83. The van der Waals surface area contributed by atoms with E-state index in [4.69, 9.17) is 4.74 Å². The predicted molar refractivity (Wildman–Crippen MR) is 78.2 cm³/mol. The minimum absolute atomic E-state index is 0. The molecule has 1 saturated heterocycles. The summed E-state index contributed by atoms with van der Waals surface area (Å²) in [6.45, 7) is 3.06. The third kappa shape index (κ3) is 4.65. The minimum atomic E-state index is -0.918. The smallest absolute Gasteiger partial charge is 0.237 e. The van der Waals surface area contributed by atoms with E-state index in [1.54, 1.807) is 0 Å².